The number of benzene rings is 4. The summed E-state index contributed by atoms with van der Waals surface area (Å²) in [5, 5.41) is 2.74. The number of aromatic nitrogens is 1. The van der Waals surface area contributed by atoms with Crippen LogP contribution < -0.4 is 15.7 Å². The van der Waals surface area contributed by atoms with Gasteiger partial charge in [-0.25, -0.2) is 0 Å². The smallest absolute Gasteiger partial charge is 0.328 e. The maximum Gasteiger partial charge on any atom is 0.328 e. The normalized spacial score (nSPS) is 24.2. The van der Waals surface area contributed by atoms with E-state index < -0.39 is 0 Å². The van der Waals surface area contributed by atoms with Gasteiger partial charge in [-0.3, -0.25) is 0 Å². The number of rotatable bonds is 0. The molecule has 4 aromatic carbocycles. The van der Waals surface area contributed by atoms with Crippen LogP contribution in [0.4, 0.5) is 5.69 Å². The first-order valence-corrected chi connectivity index (χ1v) is 14.9. The highest BCUT2D eigenvalue weighted by molar-refractivity contribution is 6.93. The molecular weight excluding hydrogens is 471 g/mol. The Labute approximate surface area is 231 Å². The van der Waals surface area contributed by atoms with Gasteiger partial charge in [0.15, 0.2) is 0 Å². The standard InChI is InChI=1S/C36H35BN2/c1-34(2,3)22-20-26-25-13-10-15-27-32(25)39(36(5)19-9-8-18-35(27,36)4)37-28-16-11-14-24-23-12-6-7-17-29(23)38(33(24)28)30(21-22)31(26)37/h6-7,10-17,20-21H,8-9,18-19H2,1-5H3. The van der Waals surface area contributed by atoms with Crippen LogP contribution in [0.5, 0.6) is 0 Å². The summed E-state index contributed by atoms with van der Waals surface area (Å²) >= 11 is 0. The average Bonchev–Trinajstić information content (AvgIpc) is 3.37. The van der Waals surface area contributed by atoms with Crippen molar-refractivity contribution in [3.63, 3.8) is 0 Å². The first kappa shape index (κ1) is 22.4. The fourth-order valence-electron chi connectivity index (χ4n) is 9.14. The zero-order valence-electron chi connectivity index (χ0n) is 23.7. The highest BCUT2D eigenvalue weighted by Gasteiger charge is 2.62. The third kappa shape index (κ3) is 2.40. The molecule has 0 amide bonds. The zero-order valence-corrected chi connectivity index (χ0v) is 23.7. The lowest BCUT2D eigenvalue weighted by Gasteiger charge is -2.54. The Kier molecular flexibility index (Phi) is 3.91. The highest BCUT2D eigenvalue weighted by atomic mass is 15.2. The quantitative estimate of drug-likeness (QED) is 0.197. The molecule has 5 aromatic rings. The van der Waals surface area contributed by atoms with Crippen LogP contribution in [0.1, 0.15) is 71.4 Å². The summed E-state index contributed by atoms with van der Waals surface area (Å²) in [5.41, 5.74) is 14.8. The number of fused-ring (bicyclic) bond motifs is 10. The van der Waals surface area contributed by atoms with Crippen molar-refractivity contribution in [2.24, 2.45) is 0 Å². The van der Waals surface area contributed by atoms with Gasteiger partial charge in [0.1, 0.15) is 0 Å². The molecule has 1 fully saturated rings. The molecule has 0 saturated heterocycles. The molecule has 192 valence electrons. The molecule has 1 aliphatic carbocycles. The largest absolute Gasteiger partial charge is 0.400 e. The van der Waals surface area contributed by atoms with Crippen LogP contribution in [0.2, 0.25) is 0 Å². The molecule has 4 heterocycles. The van der Waals surface area contributed by atoms with E-state index in [1.807, 2.05) is 0 Å². The van der Waals surface area contributed by atoms with E-state index in [1.54, 1.807) is 5.56 Å². The third-order valence-corrected chi connectivity index (χ3v) is 11.3. The molecule has 4 aliphatic rings. The van der Waals surface area contributed by atoms with E-state index in [2.05, 4.69) is 117 Å². The Morgan fingerprint density at radius 2 is 1.56 bits per heavy atom. The summed E-state index contributed by atoms with van der Waals surface area (Å²) in [4.78, 5) is 2.93. The lowest BCUT2D eigenvalue weighted by atomic mass is 9.42. The van der Waals surface area contributed by atoms with Crippen molar-refractivity contribution in [1.29, 1.82) is 0 Å². The number of hydrogen-bond acceptors (Lipinski definition) is 1. The fraction of sp³-hybridized carbons (Fsp3) is 0.333. The maximum absolute atomic E-state index is 2.93. The Balaban J connectivity index is 1.51. The minimum Gasteiger partial charge on any atom is -0.400 e. The van der Waals surface area contributed by atoms with E-state index in [-0.39, 0.29) is 23.2 Å². The van der Waals surface area contributed by atoms with Crippen molar-refractivity contribution in [1.82, 2.24) is 4.57 Å². The van der Waals surface area contributed by atoms with Gasteiger partial charge in [-0.15, -0.1) is 0 Å². The predicted octanol–water partition coefficient (Wildman–Crippen LogP) is 7.59. The number of hydrogen-bond donors (Lipinski definition) is 0. The number of nitrogens with zero attached hydrogens (tertiary/aromatic N) is 2. The lowest BCUT2D eigenvalue weighted by molar-refractivity contribution is 0.199. The van der Waals surface area contributed by atoms with Crippen molar-refractivity contribution < 1.29 is 0 Å². The monoisotopic (exact) mass is 506 g/mol. The van der Waals surface area contributed by atoms with Crippen molar-refractivity contribution >= 4 is 45.3 Å². The second kappa shape index (κ2) is 6.81. The molecule has 3 aliphatic heterocycles. The SMILES string of the molecule is CC(C)(C)c1cc2c3c(c1)-n1c4ccccc4c4cccc(c41)B3N1c3c-2cccc3C2(C)CCCCC12C. The summed E-state index contributed by atoms with van der Waals surface area (Å²) in [6.07, 6.45) is 5.15. The van der Waals surface area contributed by atoms with Crippen LogP contribution in [-0.2, 0) is 10.8 Å². The van der Waals surface area contributed by atoms with Gasteiger partial charge < -0.3 is 9.38 Å². The molecule has 0 N–H and O–H groups in total. The number of anilines is 1. The van der Waals surface area contributed by atoms with Crippen molar-refractivity contribution in [2.45, 2.75) is 76.7 Å². The van der Waals surface area contributed by atoms with Gasteiger partial charge in [-0.2, -0.15) is 0 Å². The predicted molar refractivity (Wildman–Crippen MR) is 167 cm³/mol. The van der Waals surface area contributed by atoms with Gasteiger partial charge >= 0.3 is 6.85 Å². The molecule has 1 aromatic heterocycles. The Morgan fingerprint density at radius 1 is 0.795 bits per heavy atom. The molecule has 3 heteroatoms. The molecule has 0 spiro atoms. The summed E-state index contributed by atoms with van der Waals surface area (Å²) in [7, 11) is 0. The first-order valence-electron chi connectivity index (χ1n) is 14.9. The molecule has 2 unspecified atom stereocenters. The van der Waals surface area contributed by atoms with Crippen molar-refractivity contribution in [3.05, 3.63) is 83.9 Å². The van der Waals surface area contributed by atoms with E-state index in [9.17, 15) is 0 Å². The Morgan fingerprint density at radius 3 is 2.41 bits per heavy atom. The molecule has 39 heavy (non-hydrogen) atoms. The topological polar surface area (TPSA) is 8.17 Å². The molecule has 0 bridgehead atoms. The van der Waals surface area contributed by atoms with Gasteiger partial charge in [-0.1, -0.05) is 101 Å². The summed E-state index contributed by atoms with van der Waals surface area (Å²) < 4.78 is 2.61. The van der Waals surface area contributed by atoms with Crippen LogP contribution in [0.25, 0.3) is 38.6 Å². The van der Waals surface area contributed by atoms with Gasteiger partial charge in [0, 0.05) is 38.7 Å². The highest BCUT2D eigenvalue weighted by Crippen LogP contribution is 2.62. The second-order valence-electron chi connectivity index (χ2n) is 14.1. The van der Waals surface area contributed by atoms with Crippen LogP contribution in [-0.4, -0.2) is 17.0 Å². The van der Waals surface area contributed by atoms with Crippen LogP contribution in [0, 0.1) is 0 Å². The number of para-hydroxylation sites is 3. The van der Waals surface area contributed by atoms with E-state index >= 15 is 0 Å². The third-order valence-electron chi connectivity index (χ3n) is 11.3. The maximum atomic E-state index is 2.93. The van der Waals surface area contributed by atoms with Crippen molar-refractivity contribution in [3.8, 4) is 16.8 Å². The molecule has 9 rings (SSSR count). The summed E-state index contributed by atoms with van der Waals surface area (Å²) in [6, 6.07) is 28.4. The van der Waals surface area contributed by atoms with Gasteiger partial charge in [0.2, 0.25) is 0 Å². The average molecular weight is 507 g/mol. The Bertz CT molecular complexity index is 1910. The van der Waals surface area contributed by atoms with Gasteiger partial charge in [0.25, 0.3) is 0 Å². The molecule has 2 nitrogen and oxygen atoms in total. The van der Waals surface area contributed by atoms with E-state index in [0.717, 1.165) is 0 Å². The lowest BCUT2D eigenvalue weighted by Crippen LogP contribution is -2.70. The van der Waals surface area contributed by atoms with Crippen LogP contribution in [0.15, 0.2) is 72.8 Å². The molecule has 2 atom stereocenters. The molecule has 1 saturated carbocycles. The minimum absolute atomic E-state index is 0.0566. The van der Waals surface area contributed by atoms with Crippen LogP contribution >= 0.6 is 0 Å². The van der Waals surface area contributed by atoms with Crippen molar-refractivity contribution in [2.75, 3.05) is 4.81 Å². The van der Waals surface area contributed by atoms with E-state index in [4.69, 9.17) is 0 Å². The minimum atomic E-state index is 0.0566. The fourth-order valence-corrected chi connectivity index (χ4v) is 9.14. The molecular formula is C36H35BN2. The molecule has 0 radical (unpaired) electrons. The zero-order chi connectivity index (χ0) is 26.5. The van der Waals surface area contributed by atoms with Crippen LogP contribution in [0.3, 0.4) is 0 Å². The summed E-state index contributed by atoms with van der Waals surface area (Å²) in [6.45, 7) is 12.5. The van der Waals surface area contributed by atoms with E-state index in [1.165, 1.54) is 86.5 Å². The Hall–Kier alpha value is -3.46. The second-order valence-corrected chi connectivity index (χ2v) is 14.1. The summed E-state index contributed by atoms with van der Waals surface area (Å²) in [5.74, 6) is 0. The first-order chi connectivity index (χ1) is 18.7. The van der Waals surface area contributed by atoms with Gasteiger partial charge in [-0.05, 0) is 64.9 Å². The van der Waals surface area contributed by atoms with Gasteiger partial charge in [0.05, 0.1) is 11.0 Å². The van der Waals surface area contributed by atoms with E-state index in [0.29, 0.717) is 0 Å².